The number of alkyl halides is 3. The summed E-state index contributed by atoms with van der Waals surface area (Å²) in [5.41, 5.74) is 0.871. The maximum absolute atomic E-state index is 12.5. The van der Waals surface area contributed by atoms with Crippen molar-refractivity contribution >= 4 is 41.5 Å². The van der Waals surface area contributed by atoms with Crippen molar-refractivity contribution < 1.29 is 18.0 Å². The van der Waals surface area contributed by atoms with Gasteiger partial charge in [-0.25, -0.2) is 0 Å². The maximum Gasteiger partial charge on any atom is 0.401 e. The van der Waals surface area contributed by atoms with Crippen LogP contribution in [0.15, 0.2) is 35.3 Å². The number of para-hydroxylation sites is 1. The van der Waals surface area contributed by atoms with Gasteiger partial charge in [0.2, 0.25) is 5.91 Å². The highest BCUT2D eigenvalue weighted by Crippen LogP contribution is 2.23. The van der Waals surface area contributed by atoms with Gasteiger partial charge in [-0.05, 0) is 31.0 Å². The summed E-state index contributed by atoms with van der Waals surface area (Å²) >= 11 is 0. The number of hydrogen-bond donors (Lipinski definition) is 2. The molecular weight excluding hydrogens is 498 g/mol. The van der Waals surface area contributed by atoms with Crippen LogP contribution in [0.3, 0.4) is 0 Å². The second-order valence-electron chi connectivity index (χ2n) is 7.34. The average molecular weight is 525 g/mol. The highest BCUT2D eigenvalue weighted by molar-refractivity contribution is 14.0. The molecule has 2 aliphatic rings. The highest BCUT2D eigenvalue weighted by Gasteiger charge is 2.34. The van der Waals surface area contributed by atoms with E-state index in [0.29, 0.717) is 38.6 Å². The zero-order chi connectivity index (χ0) is 20.1. The van der Waals surface area contributed by atoms with E-state index in [4.69, 9.17) is 0 Å². The minimum absolute atomic E-state index is 0. The van der Waals surface area contributed by atoms with Crippen molar-refractivity contribution in [1.82, 2.24) is 15.5 Å². The van der Waals surface area contributed by atoms with Gasteiger partial charge < -0.3 is 15.5 Å². The van der Waals surface area contributed by atoms with Crippen molar-refractivity contribution in [2.75, 3.05) is 44.7 Å². The predicted molar refractivity (Wildman–Crippen MR) is 118 cm³/mol. The summed E-state index contributed by atoms with van der Waals surface area (Å²) in [6.45, 7) is 1.13. The monoisotopic (exact) mass is 525 g/mol. The molecule has 0 radical (unpaired) electrons. The first kappa shape index (κ1) is 23.7. The van der Waals surface area contributed by atoms with Crippen LogP contribution in [0.25, 0.3) is 0 Å². The van der Waals surface area contributed by atoms with Gasteiger partial charge in [0.15, 0.2) is 5.96 Å². The van der Waals surface area contributed by atoms with Gasteiger partial charge in [0.05, 0.1) is 12.6 Å². The molecule has 2 unspecified atom stereocenters. The van der Waals surface area contributed by atoms with E-state index in [1.165, 1.54) is 4.90 Å². The van der Waals surface area contributed by atoms with Gasteiger partial charge in [0.1, 0.15) is 0 Å². The van der Waals surface area contributed by atoms with Crippen LogP contribution in [-0.4, -0.2) is 68.8 Å². The first-order valence-corrected chi connectivity index (χ1v) is 9.46. The molecule has 2 N–H and O–H groups in total. The van der Waals surface area contributed by atoms with Gasteiger partial charge >= 0.3 is 6.18 Å². The Morgan fingerprint density at radius 1 is 1.24 bits per heavy atom. The van der Waals surface area contributed by atoms with E-state index >= 15 is 0 Å². The molecule has 6 nitrogen and oxygen atoms in total. The Bertz CT molecular complexity index is 701. The fourth-order valence-electron chi connectivity index (χ4n) is 3.77. The normalized spacial score (nSPS) is 23.2. The van der Waals surface area contributed by atoms with Crippen LogP contribution in [0.4, 0.5) is 18.9 Å². The molecule has 0 aliphatic carbocycles. The van der Waals surface area contributed by atoms with Gasteiger partial charge in [0, 0.05) is 38.8 Å². The molecule has 1 amide bonds. The summed E-state index contributed by atoms with van der Waals surface area (Å²) in [4.78, 5) is 19.7. The lowest BCUT2D eigenvalue weighted by atomic mass is 10.1. The molecule has 10 heteroatoms. The van der Waals surface area contributed by atoms with Gasteiger partial charge in [-0.15, -0.1) is 24.0 Å². The third kappa shape index (κ3) is 7.02. The number of aliphatic imine (C=N–C) groups is 1. The number of guanidine groups is 1. The maximum atomic E-state index is 12.5. The Balaban J connectivity index is 0.00000300. The third-order valence-electron chi connectivity index (χ3n) is 5.09. The molecule has 2 saturated heterocycles. The second-order valence-corrected chi connectivity index (χ2v) is 7.34. The van der Waals surface area contributed by atoms with Crippen LogP contribution >= 0.6 is 24.0 Å². The van der Waals surface area contributed by atoms with Crippen molar-refractivity contribution in [3.63, 3.8) is 0 Å². The van der Waals surface area contributed by atoms with Crippen molar-refractivity contribution in [3.05, 3.63) is 30.3 Å². The Kier molecular flexibility index (Phi) is 8.56. The number of nitrogens with one attached hydrogen (secondary N) is 2. The standard InChI is InChI=1S/C19H26F3N5O.HI/c1-23-18(24-10-14-7-8-26(11-14)13-19(20,21)22)25-15-9-17(28)27(12-15)16-5-3-2-4-6-16;/h2-6,14-15H,7-13H2,1H3,(H2,23,24,25);1H. The highest BCUT2D eigenvalue weighted by atomic mass is 127. The van der Waals surface area contributed by atoms with Crippen LogP contribution in [0, 0.1) is 5.92 Å². The van der Waals surface area contributed by atoms with Crippen molar-refractivity contribution in [1.29, 1.82) is 0 Å². The largest absolute Gasteiger partial charge is 0.401 e. The molecule has 0 bridgehead atoms. The number of anilines is 1. The van der Waals surface area contributed by atoms with Gasteiger partial charge in [-0.3, -0.25) is 14.7 Å². The lowest BCUT2D eigenvalue weighted by molar-refractivity contribution is -0.143. The zero-order valence-electron chi connectivity index (χ0n) is 16.3. The van der Waals surface area contributed by atoms with Gasteiger partial charge in [-0.2, -0.15) is 13.2 Å². The summed E-state index contributed by atoms with van der Waals surface area (Å²) in [6.07, 6.45) is -3.05. The van der Waals surface area contributed by atoms with Crippen LogP contribution in [0.2, 0.25) is 0 Å². The number of amides is 1. The minimum atomic E-state index is -4.15. The summed E-state index contributed by atoms with van der Waals surface area (Å²) in [5.74, 6) is 0.770. The van der Waals surface area contributed by atoms with Crippen LogP contribution in [0.5, 0.6) is 0 Å². The van der Waals surface area contributed by atoms with Crippen molar-refractivity contribution in [2.45, 2.75) is 25.1 Å². The van der Waals surface area contributed by atoms with Crippen LogP contribution in [0.1, 0.15) is 12.8 Å². The summed E-state index contributed by atoms with van der Waals surface area (Å²) in [5, 5.41) is 6.44. The molecule has 2 atom stereocenters. The third-order valence-corrected chi connectivity index (χ3v) is 5.09. The zero-order valence-corrected chi connectivity index (χ0v) is 18.6. The van der Waals surface area contributed by atoms with E-state index in [-0.39, 0.29) is 41.8 Å². The van der Waals surface area contributed by atoms with Crippen LogP contribution < -0.4 is 15.5 Å². The molecule has 0 aromatic heterocycles. The number of rotatable bonds is 5. The van der Waals surface area contributed by atoms with E-state index < -0.39 is 12.7 Å². The van der Waals surface area contributed by atoms with Crippen LogP contribution in [-0.2, 0) is 4.79 Å². The lowest BCUT2D eigenvalue weighted by Crippen LogP contribution is -2.46. The average Bonchev–Trinajstić information content (AvgIpc) is 3.24. The summed E-state index contributed by atoms with van der Waals surface area (Å²) < 4.78 is 37.5. The first-order chi connectivity index (χ1) is 13.3. The smallest absolute Gasteiger partial charge is 0.356 e. The Labute approximate surface area is 185 Å². The molecular formula is C19H27F3IN5O. The van der Waals surface area contributed by atoms with E-state index in [1.807, 2.05) is 30.3 Å². The Hall–Kier alpha value is -1.56. The lowest BCUT2D eigenvalue weighted by Gasteiger charge is -2.20. The summed E-state index contributed by atoms with van der Waals surface area (Å²) in [7, 11) is 1.64. The quantitative estimate of drug-likeness (QED) is 0.353. The van der Waals surface area contributed by atoms with Crippen molar-refractivity contribution in [3.8, 4) is 0 Å². The molecule has 1 aromatic carbocycles. The molecule has 3 rings (SSSR count). The van der Waals surface area contributed by atoms with Gasteiger partial charge in [0.25, 0.3) is 0 Å². The molecule has 1 aromatic rings. The first-order valence-electron chi connectivity index (χ1n) is 9.46. The number of carbonyl (C=O) groups is 1. The minimum Gasteiger partial charge on any atom is -0.356 e. The molecule has 0 saturated carbocycles. The summed E-state index contributed by atoms with van der Waals surface area (Å²) in [6, 6.07) is 9.44. The molecule has 2 fully saturated rings. The molecule has 2 heterocycles. The molecule has 29 heavy (non-hydrogen) atoms. The van der Waals surface area contributed by atoms with Crippen molar-refractivity contribution in [2.24, 2.45) is 10.9 Å². The predicted octanol–water partition coefficient (Wildman–Crippen LogP) is 2.46. The second kappa shape index (κ2) is 10.5. The fourth-order valence-corrected chi connectivity index (χ4v) is 3.77. The van der Waals surface area contributed by atoms with E-state index in [1.54, 1.807) is 11.9 Å². The van der Waals surface area contributed by atoms with Gasteiger partial charge in [-0.1, -0.05) is 18.2 Å². The number of carbonyl (C=O) groups excluding carboxylic acids is 1. The number of halogens is 4. The van der Waals surface area contributed by atoms with E-state index in [0.717, 1.165) is 12.1 Å². The number of hydrogen-bond acceptors (Lipinski definition) is 3. The topological polar surface area (TPSA) is 60.0 Å². The SMILES string of the molecule is CN=C(NCC1CCN(CC(F)(F)F)C1)NC1CC(=O)N(c2ccccc2)C1.I. The molecule has 2 aliphatic heterocycles. The molecule has 0 spiro atoms. The Morgan fingerprint density at radius 2 is 1.97 bits per heavy atom. The number of likely N-dealkylation sites (tertiary alicyclic amines) is 1. The fraction of sp³-hybridized carbons (Fsp3) is 0.579. The molecule has 162 valence electrons. The van der Waals surface area contributed by atoms with E-state index in [2.05, 4.69) is 15.6 Å². The Morgan fingerprint density at radius 3 is 2.62 bits per heavy atom. The number of benzene rings is 1. The van der Waals surface area contributed by atoms with E-state index in [9.17, 15) is 18.0 Å². The number of nitrogens with zero attached hydrogens (tertiary/aromatic N) is 3.